The highest BCUT2D eigenvalue weighted by Crippen LogP contribution is 2.26. The number of aromatic nitrogens is 2. The maximum atomic E-state index is 6.22. The van der Waals surface area contributed by atoms with Crippen LogP contribution in [0.4, 0.5) is 5.69 Å². The summed E-state index contributed by atoms with van der Waals surface area (Å²) in [6, 6.07) is 13.6. The molecule has 1 aliphatic rings. The molecule has 5 heteroatoms. The Kier molecular flexibility index (Phi) is 3.20. The standard InChI is InChI=1S/C18H15ClN4/c1-11-10-23-17(21-11)8-13-2-5-14(19)9-16(13)18(22-23)12-3-6-15(20)7-4-12/h2-7,9-10H,8,20H2,1H3. The molecule has 0 radical (unpaired) electrons. The van der Waals surface area contributed by atoms with Crippen LogP contribution < -0.4 is 5.73 Å². The lowest BCUT2D eigenvalue weighted by Gasteiger charge is -2.10. The Hall–Kier alpha value is -2.59. The lowest BCUT2D eigenvalue weighted by molar-refractivity contribution is 0.806. The second kappa shape index (κ2) is 5.25. The Bertz CT molecular complexity index is 923. The molecule has 1 aliphatic heterocycles. The SMILES string of the molecule is Cc1cn2c(n1)Cc1ccc(Cl)cc1C(c1ccc(N)cc1)=N2. The molecule has 0 bridgehead atoms. The van der Waals surface area contributed by atoms with E-state index in [-0.39, 0.29) is 0 Å². The lowest BCUT2D eigenvalue weighted by Crippen LogP contribution is -2.07. The Labute approximate surface area is 139 Å². The number of nitrogens with two attached hydrogens (primary N) is 1. The van der Waals surface area contributed by atoms with E-state index in [2.05, 4.69) is 4.98 Å². The van der Waals surface area contributed by atoms with Crippen molar-refractivity contribution in [2.24, 2.45) is 5.10 Å². The maximum absolute atomic E-state index is 6.22. The van der Waals surface area contributed by atoms with E-state index in [0.29, 0.717) is 5.02 Å². The number of hydrogen-bond donors (Lipinski definition) is 1. The molecule has 0 amide bonds. The van der Waals surface area contributed by atoms with Gasteiger partial charge in [0.15, 0.2) is 0 Å². The van der Waals surface area contributed by atoms with Gasteiger partial charge in [0.05, 0.1) is 17.6 Å². The van der Waals surface area contributed by atoms with Crippen molar-refractivity contribution in [3.8, 4) is 0 Å². The fourth-order valence-corrected chi connectivity index (χ4v) is 3.02. The molecule has 0 atom stereocenters. The summed E-state index contributed by atoms with van der Waals surface area (Å²) in [4.78, 5) is 4.58. The van der Waals surface area contributed by atoms with Gasteiger partial charge in [-0.15, -0.1) is 0 Å². The number of benzene rings is 2. The van der Waals surface area contributed by atoms with Gasteiger partial charge in [0.25, 0.3) is 0 Å². The van der Waals surface area contributed by atoms with Crippen LogP contribution >= 0.6 is 11.6 Å². The number of halogens is 1. The number of nitrogens with zero attached hydrogens (tertiary/aromatic N) is 3. The smallest absolute Gasteiger partial charge is 0.134 e. The van der Waals surface area contributed by atoms with Crippen LogP contribution in [0.2, 0.25) is 5.02 Å². The molecule has 0 aliphatic carbocycles. The third-order valence-corrected chi connectivity index (χ3v) is 4.18. The van der Waals surface area contributed by atoms with Crippen LogP contribution in [0.1, 0.15) is 28.2 Å². The van der Waals surface area contributed by atoms with E-state index >= 15 is 0 Å². The number of rotatable bonds is 1. The summed E-state index contributed by atoms with van der Waals surface area (Å²) in [5, 5.41) is 5.51. The minimum absolute atomic E-state index is 0.697. The van der Waals surface area contributed by atoms with E-state index < -0.39 is 0 Å². The van der Waals surface area contributed by atoms with Crippen molar-refractivity contribution in [3.05, 3.63) is 81.9 Å². The third-order valence-electron chi connectivity index (χ3n) is 3.95. The Morgan fingerprint density at radius 2 is 1.91 bits per heavy atom. The highest BCUT2D eigenvalue weighted by atomic mass is 35.5. The highest BCUT2D eigenvalue weighted by Gasteiger charge is 2.19. The van der Waals surface area contributed by atoms with E-state index in [9.17, 15) is 0 Å². The van der Waals surface area contributed by atoms with Gasteiger partial charge in [-0.25, -0.2) is 9.66 Å². The van der Waals surface area contributed by atoms with Gasteiger partial charge in [0.1, 0.15) is 5.82 Å². The molecule has 2 aromatic carbocycles. The molecule has 0 saturated carbocycles. The summed E-state index contributed by atoms with van der Waals surface area (Å²) in [5.74, 6) is 0.927. The van der Waals surface area contributed by atoms with Gasteiger partial charge < -0.3 is 5.73 Å². The fraction of sp³-hybridized carbons (Fsp3) is 0.111. The molecule has 23 heavy (non-hydrogen) atoms. The van der Waals surface area contributed by atoms with E-state index in [1.54, 1.807) is 0 Å². The van der Waals surface area contributed by atoms with Crippen molar-refractivity contribution in [2.45, 2.75) is 13.3 Å². The summed E-state index contributed by atoms with van der Waals surface area (Å²) in [5.41, 5.74) is 11.6. The number of aryl methyl sites for hydroxylation is 1. The molecule has 3 aromatic rings. The van der Waals surface area contributed by atoms with Crippen LogP contribution in [0.25, 0.3) is 0 Å². The van der Waals surface area contributed by atoms with Crippen LogP contribution in [0.3, 0.4) is 0 Å². The number of imidazole rings is 1. The van der Waals surface area contributed by atoms with E-state index in [1.165, 1.54) is 0 Å². The van der Waals surface area contributed by atoms with Gasteiger partial charge in [-0.05, 0) is 36.8 Å². The maximum Gasteiger partial charge on any atom is 0.134 e. The van der Waals surface area contributed by atoms with E-state index in [1.807, 2.05) is 60.3 Å². The monoisotopic (exact) mass is 322 g/mol. The van der Waals surface area contributed by atoms with Crippen molar-refractivity contribution < 1.29 is 0 Å². The highest BCUT2D eigenvalue weighted by molar-refractivity contribution is 6.31. The zero-order chi connectivity index (χ0) is 16.0. The van der Waals surface area contributed by atoms with Gasteiger partial charge in [-0.2, -0.15) is 5.10 Å². The Morgan fingerprint density at radius 1 is 1.13 bits per heavy atom. The number of fused-ring (bicyclic) bond motifs is 2. The molecule has 1 aromatic heterocycles. The summed E-state index contributed by atoms with van der Waals surface area (Å²) in [6.45, 7) is 1.97. The normalized spacial score (nSPS) is 13.0. The van der Waals surface area contributed by atoms with Crippen LogP contribution in [-0.4, -0.2) is 15.4 Å². The first kappa shape index (κ1) is 14.0. The van der Waals surface area contributed by atoms with Crippen molar-refractivity contribution in [1.82, 2.24) is 9.66 Å². The second-order valence-electron chi connectivity index (χ2n) is 5.69. The van der Waals surface area contributed by atoms with Crippen molar-refractivity contribution in [1.29, 1.82) is 0 Å². The Balaban J connectivity index is 1.98. The largest absolute Gasteiger partial charge is 0.399 e. The molecule has 0 fully saturated rings. The molecule has 0 saturated heterocycles. The van der Waals surface area contributed by atoms with Crippen LogP contribution in [0, 0.1) is 6.92 Å². The van der Waals surface area contributed by atoms with Crippen LogP contribution in [0.15, 0.2) is 53.8 Å². The van der Waals surface area contributed by atoms with Gasteiger partial charge in [0.2, 0.25) is 0 Å². The van der Waals surface area contributed by atoms with Gasteiger partial charge >= 0.3 is 0 Å². The third kappa shape index (κ3) is 2.51. The van der Waals surface area contributed by atoms with Crippen molar-refractivity contribution in [2.75, 3.05) is 5.73 Å². The average Bonchev–Trinajstić information content (AvgIpc) is 2.80. The predicted octanol–water partition coefficient (Wildman–Crippen LogP) is 3.63. The first-order valence-electron chi connectivity index (χ1n) is 7.39. The minimum atomic E-state index is 0.697. The van der Waals surface area contributed by atoms with Crippen LogP contribution in [0.5, 0.6) is 0 Å². The first-order chi connectivity index (χ1) is 11.1. The summed E-state index contributed by atoms with van der Waals surface area (Å²) in [7, 11) is 0. The molecular formula is C18H15ClN4. The number of hydrogen-bond acceptors (Lipinski definition) is 3. The van der Waals surface area contributed by atoms with E-state index in [0.717, 1.165) is 46.0 Å². The molecule has 2 heterocycles. The van der Waals surface area contributed by atoms with Gasteiger partial charge in [-0.1, -0.05) is 29.8 Å². The molecule has 2 N–H and O–H groups in total. The predicted molar refractivity (Wildman–Crippen MR) is 93.1 cm³/mol. The first-order valence-corrected chi connectivity index (χ1v) is 7.76. The summed E-state index contributed by atoms with van der Waals surface area (Å²) >= 11 is 6.22. The fourth-order valence-electron chi connectivity index (χ4n) is 2.85. The molecule has 114 valence electrons. The topological polar surface area (TPSA) is 56.2 Å². The van der Waals surface area contributed by atoms with Gasteiger partial charge in [-0.3, -0.25) is 0 Å². The molecule has 0 spiro atoms. The van der Waals surface area contributed by atoms with Crippen LogP contribution in [-0.2, 0) is 6.42 Å². The lowest BCUT2D eigenvalue weighted by atomic mass is 9.96. The zero-order valence-electron chi connectivity index (χ0n) is 12.6. The Morgan fingerprint density at radius 3 is 2.70 bits per heavy atom. The summed E-state index contributed by atoms with van der Waals surface area (Å²) < 4.78 is 1.86. The van der Waals surface area contributed by atoms with E-state index in [4.69, 9.17) is 22.4 Å². The molecule has 4 nitrogen and oxygen atoms in total. The second-order valence-corrected chi connectivity index (χ2v) is 6.13. The number of nitrogen functional groups attached to an aromatic ring is 1. The minimum Gasteiger partial charge on any atom is -0.399 e. The number of anilines is 1. The van der Waals surface area contributed by atoms with Gasteiger partial charge in [0, 0.05) is 28.3 Å². The molecular weight excluding hydrogens is 308 g/mol. The quantitative estimate of drug-likeness (QED) is 0.544. The zero-order valence-corrected chi connectivity index (χ0v) is 13.4. The molecule has 0 unspecified atom stereocenters. The molecule has 4 rings (SSSR count). The van der Waals surface area contributed by atoms with Crippen molar-refractivity contribution >= 4 is 23.0 Å². The summed E-state index contributed by atoms with van der Waals surface area (Å²) in [6.07, 6.45) is 2.67. The average molecular weight is 323 g/mol. The van der Waals surface area contributed by atoms with Crippen molar-refractivity contribution in [3.63, 3.8) is 0 Å².